The molecule has 2 atom stereocenters. The van der Waals surface area contributed by atoms with Gasteiger partial charge in [-0.25, -0.2) is 13.2 Å². The number of benzene rings is 2. The molecule has 0 radical (unpaired) electrons. The van der Waals surface area contributed by atoms with Crippen LogP contribution in [0.25, 0.3) is 0 Å². The highest BCUT2D eigenvalue weighted by molar-refractivity contribution is 5.94. The molecule has 3 rings (SSSR count). The standard InChI is InChI=1S/C18H16F3NO/c1-11-9-18(11,15-6-5-14(20)8-16(15)21)10-22-17(23)12-3-2-4-13(19)7-12/h2-8,11H,9-10H2,1H3,(H,22,23). The number of halogens is 3. The lowest BCUT2D eigenvalue weighted by Gasteiger charge is -2.19. The third-order valence-corrected chi connectivity index (χ3v) is 4.57. The largest absolute Gasteiger partial charge is 0.351 e. The molecule has 2 aromatic carbocycles. The molecule has 1 amide bonds. The van der Waals surface area contributed by atoms with Gasteiger partial charge in [0.2, 0.25) is 0 Å². The van der Waals surface area contributed by atoms with Crippen LogP contribution in [0.15, 0.2) is 42.5 Å². The van der Waals surface area contributed by atoms with Gasteiger partial charge in [0.25, 0.3) is 5.91 Å². The highest BCUT2D eigenvalue weighted by atomic mass is 19.1. The Balaban J connectivity index is 1.77. The van der Waals surface area contributed by atoms with Gasteiger partial charge in [0.05, 0.1) is 0 Å². The summed E-state index contributed by atoms with van der Waals surface area (Å²) in [6, 6.07) is 8.89. The molecule has 2 aromatic rings. The molecule has 2 nitrogen and oxygen atoms in total. The molecule has 0 aliphatic heterocycles. The van der Waals surface area contributed by atoms with Gasteiger partial charge in [0.1, 0.15) is 17.5 Å². The summed E-state index contributed by atoms with van der Waals surface area (Å²) in [6.45, 7) is 2.18. The van der Waals surface area contributed by atoms with Gasteiger partial charge >= 0.3 is 0 Å². The molecule has 0 saturated heterocycles. The number of hydrogen-bond donors (Lipinski definition) is 1. The van der Waals surface area contributed by atoms with Crippen LogP contribution in [0.5, 0.6) is 0 Å². The van der Waals surface area contributed by atoms with Gasteiger partial charge in [0, 0.05) is 23.6 Å². The van der Waals surface area contributed by atoms with Gasteiger partial charge < -0.3 is 5.32 Å². The van der Waals surface area contributed by atoms with Crippen LogP contribution < -0.4 is 5.32 Å². The smallest absolute Gasteiger partial charge is 0.251 e. The lowest BCUT2D eigenvalue weighted by atomic mass is 9.92. The van der Waals surface area contributed by atoms with E-state index in [0.29, 0.717) is 12.0 Å². The highest BCUT2D eigenvalue weighted by Gasteiger charge is 2.53. The van der Waals surface area contributed by atoms with Crippen molar-refractivity contribution in [2.45, 2.75) is 18.8 Å². The zero-order valence-electron chi connectivity index (χ0n) is 12.6. The van der Waals surface area contributed by atoms with Gasteiger partial charge in [-0.2, -0.15) is 0 Å². The van der Waals surface area contributed by atoms with Gasteiger partial charge in [-0.3, -0.25) is 4.79 Å². The van der Waals surface area contributed by atoms with Crippen molar-refractivity contribution in [3.8, 4) is 0 Å². The average Bonchev–Trinajstić information content (AvgIpc) is 3.16. The van der Waals surface area contributed by atoms with E-state index in [1.807, 2.05) is 6.92 Å². The molecule has 0 aromatic heterocycles. The van der Waals surface area contributed by atoms with Crippen molar-refractivity contribution in [3.05, 3.63) is 71.0 Å². The van der Waals surface area contributed by atoms with Crippen LogP contribution in [0.2, 0.25) is 0 Å². The average molecular weight is 319 g/mol. The highest BCUT2D eigenvalue weighted by Crippen LogP contribution is 2.54. The molecular formula is C18H16F3NO. The minimum Gasteiger partial charge on any atom is -0.351 e. The summed E-state index contributed by atoms with van der Waals surface area (Å²) in [4.78, 5) is 12.1. The second-order valence-corrected chi connectivity index (χ2v) is 6.08. The number of carbonyl (C=O) groups is 1. The van der Waals surface area contributed by atoms with Crippen molar-refractivity contribution in [2.75, 3.05) is 6.54 Å². The number of rotatable bonds is 4. The van der Waals surface area contributed by atoms with Crippen molar-refractivity contribution in [3.63, 3.8) is 0 Å². The summed E-state index contributed by atoms with van der Waals surface area (Å²) in [5.74, 6) is -1.95. The van der Waals surface area contributed by atoms with Crippen molar-refractivity contribution in [2.24, 2.45) is 5.92 Å². The molecule has 0 bridgehead atoms. The Morgan fingerprint density at radius 1 is 1.17 bits per heavy atom. The quantitative estimate of drug-likeness (QED) is 0.912. The maximum Gasteiger partial charge on any atom is 0.251 e. The van der Waals surface area contributed by atoms with Gasteiger partial charge in [0.15, 0.2) is 0 Å². The van der Waals surface area contributed by atoms with Crippen LogP contribution in [0.4, 0.5) is 13.2 Å². The van der Waals surface area contributed by atoms with E-state index in [-0.39, 0.29) is 18.0 Å². The monoisotopic (exact) mass is 319 g/mol. The summed E-state index contributed by atoms with van der Waals surface area (Å²) in [5, 5.41) is 2.73. The number of nitrogens with one attached hydrogen (secondary N) is 1. The minimum absolute atomic E-state index is 0.176. The van der Waals surface area contributed by atoms with E-state index in [2.05, 4.69) is 5.32 Å². The fraction of sp³-hybridized carbons (Fsp3) is 0.278. The Morgan fingerprint density at radius 3 is 2.48 bits per heavy atom. The molecule has 0 heterocycles. The van der Waals surface area contributed by atoms with Gasteiger partial charge in [-0.15, -0.1) is 0 Å². The lowest BCUT2D eigenvalue weighted by molar-refractivity contribution is 0.0948. The maximum atomic E-state index is 14.1. The van der Waals surface area contributed by atoms with Gasteiger partial charge in [-0.05, 0) is 42.2 Å². The Hall–Kier alpha value is -2.30. The summed E-state index contributed by atoms with van der Waals surface area (Å²) < 4.78 is 40.3. The second-order valence-electron chi connectivity index (χ2n) is 6.08. The topological polar surface area (TPSA) is 29.1 Å². The normalized spacial score (nSPS) is 22.7. The summed E-state index contributed by atoms with van der Waals surface area (Å²) >= 11 is 0. The summed E-state index contributed by atoms with van der Waals surface area (Å²) in [5.41, 5.74) is 0.0970. The van der Waals surface area contributed by atoms with Crippen molar-refractivity contribution in [1.29, 1.82) is 0 Å². The summed E-state index contributed by atoms with van der Waals surface area (Å²) in [6.07, 6.45) is 0.707. The third-order valence-electron chi connectivity index (χ3n) is 4.57. The predicted octanol–water partition coefficient (Wildman–Crippen LogP) is 3.81. The van der Waals surface area contributed by atoms with Crippen molar-refractivity contribution < 1.29 is 18.0 Å². The van der Waals surface area contributed by atoms with Crippen LogP contribution in [0.1, 0.15) is 29.3 Å². The summed E-state index contributed by atoms with van der Waals surface area (Å²) in [7, 11) is 0. The predicted molar refractivity (Wildman–Crippen MR) is 80.6 cm³/mol. The molecule has 5 heteroatoms. The molecule has 23 heavy (non-hydrogen) atoms. The van der Waals surface area contributed by atoms with E-state index in [1.165, 1.54) is 30.3 Å². The molecule has 1 aliphatic carbocycles. The maximum absolute atomic E-state index is 14.1. The van der Waals surface area contributed by atoms with Crippen LogP contribution in [-0.4, -0.2) is 12.5 Å². The first kappa shape index (κ1) is 15.6. The molecular weight excluding hydrogens is 303 g/mol. The van der Waals surface area contributed by atoms with Crippen LogP contribution in [0, 0.1) is 23.4 Å². The van der Waals surface area contributed by atoms with Crippen LogP contribution >= 0.6 is 0 Å². The number of carbonyl (C=O) groups excluding carboxylic acids is 1. The number of amides is 1. The first-order chi connectivity index (χ1) is 10.9. The molecule has 2 unspecified atom stereocenters. The zero-order valence-corrected chi connectivity index (χ0v) is 12.6. The van der Waals surface area contributed by atoms with E-state index < -0.39 is 28.8 Å². The van der Waals surface area contributed by atoms with Crippen molar-refractivity contribution in [1.82, 2.24) is 5.32 Å². The Morgan fingerprint density at radius 2 is 1.87 bits per heavy atom. The fourth-order valence-electron chi connectivity index (χ4n) is 3.07. The third kappa shape index (κ3) is 2.96. The Labute approximate surface area is 132 Å². The Bertz CT molecular complexity index is 762. The molecule has 0 spiro atoms. The molecule has 1 aliphatic rings. The second kappa shape index (κ2) is 5.72. The first-order valence-corrected chi connectivity index (χ1v) is 7.42. The fourth-order valence-corrected chi connectivity index (χ4v) is 3.07. The molecule has 1 saturated carbocycles. The van der Waals surface area contributed by atoms with Gasteiger partial charge in [-0.1, -0.05) is 19.1 Å². The van der Waals surface area contributed by atoms with Crippen LogP contribution in [0.3, 0.4) is 0 Å². The van der Waals surface area contributed by atoms with E-state index in [4.69, 9.17) is 0 Å². The van der Waals surface area contributed by atoms with E-state index in [1.54, 1.807) is 0 Å². The first-order valence-electron chi connectivity index (χ1n) is 7.42. The van der Waals surface area contributed by atoms with Crippen molar-refractivity contribution >= 4 is 5.91 Å². The van der Waals surface area contributed by atoms with Crippen LogP contribution in [-0.2, 0) is 5.41 Å². The van der Waals surface area contributed by atoms with E-state index in [0.717, 1.165) is 12.1 Å². The lowest BCUT2D eigenvalue weighted by Crippen LogP contribution is -2.33. The SMILES string of the molecule is CC1CC1(CNC(=O)c1cccc(F)c1)c1ccc(F)cc1F. The number of hydrogen-bond acceptors (Lipinski definition) is 1. The minimum atomic E-state index is -0.626. The van der Waals surface area contributed by atoms with E-state index in [9.17, 15) is 18.0 Å². The molecule has 1 N–H and O–H groups in total. The van der Waals surface area contributed by atoms with E-state index >= 15 is 0 Å². The zero-order chi connectivity index (χ0) is 16.6. The molecule has 1 fully saturated rings. The Kier molecular flexibility index (Phi) is 3.88. The molecule has 120 valence electrons.